The van der Waals surface area contributed by atoms with Gasteiger partial charge in [-0.25, -0.2) is 0 Å². The lowest BCUT2D eigenvalue weighted by Crippen LogP contribution is -2.61. The molecule has 0 aromatic carbocycles. The van der Waals surface area contributed by atoms with Crippen molar-refractivity contribution in [1.29, 1.82) is 0 Å². The minimum absolute atomic E-state index is 0.0290. The first-order chi connectivity index (χ1) is 12.1. The van der Waals surface area contributed by atoms with Crippen molar-refractivity contribution in [3.63, 3.8) is 0 Å². The molecule has 26 heavy (non-hydrogen) atoms. The maximum absolute atomic E-state index is 13.1. The van der Waals surface area contributed by atoms with E-state index in [4.69, 9.17) is 10.0 Å². The zero-order valence-electron chi connectivity index (χ0n) is 15.4. The van der Waals surface area contributed by atoms with E-state index in [2.05, 4.69) is 5.32 Å². The Morgan fingerprint density at radius 2 is 1.96 bits per heavy atom. The second kappa shape index (κ2) is 8.98. The molecule has 2 fully saturated rings. The molecule has 0 amide bonds. The monoisotopic (exact) mass is 391 g/mol. The first-order valence-electron chi connectivity index (χ1n) is 9.19. The van der Waals surface area contributed by atoms with E-state index in [1.165, 1.54) is 8.61 Å². The van der Waals surface area contributed by atoms with Gasteiger partial charge in [-0.2, -0.15) is 17.0 Å². The molecule has 9 nitrogen and oxygen atoms in total. The van der Waals surface area contributed by atoms with Gasteiger partial charge in [0.2, 0.25) is 0 Å². The summed E-state index contributed by atoms with van der Waals surface area (Å²) < 4.78 is 29.1. The average molecular weight is 391 g/mol. The molecular formula is C15H30BN3O6S. The highest BCUT2D eigenvalue weighted by Gasteiger charge is 2.46. The van der Waals surface area contributed by atoms with Crippen molar-refractivity contribution in [2.24, 2.45) is 17.8 Å². The van der Waals surface area contributed by atoms with Gasteiger partial charge >= 0.3 is 13.1 Å². The molecule has 0 spiro atoms. The highest BCUT2D eigenvalue weighted by Crippen LogP contribution is 2.32. The number of hydrogen-bond donors (Lipinski definition) is 4. The number of nitrogens with zero attached hydrogens (tertiary/aromatic N) is 2. The largest absolute Gasteiger partial charge is 0.481 e. The van der Waals surface area contributed by atoms with Crippen LogP contribution in [0.3, 0.4) is 0 Å². The molecule has 2 unspecified atom stereocenters. The van der Waals surface area contributed by atoms with Crippen LogP contribution in [0.4, 0.5) is 0 Å². The summed E-state index contributed by atoms with van der Waals surface area (Å²) in [5.41, 5.74) is 0. The van der Waals surface area contributed by atoms with Gasteiger partial charge in [0.15, 0.2) is 0 Å². The molecule has 2 saturated heterocycles. The molecule has 0 radical (unpaired) electrons. The lowest BCUT2D eigenvalue weighted by Gasteiger charge is -2.39. The van der Waals surface area contributed by atoms with E-state index in [1.54, 1.807) is 0 Å². The van der Waals surface area contributed by atoms with Crippen LogP contribution in [0.15, 0.2) is 0 Å². The molecule has 0 saturated carbocycles. The minimum Gasteiger partial charge on any atom is -0.481 e. The SMILES string of the molecule is CC(C)CN(C1CNC1)S(=O)(=O)N1CC(CCCB(O)O)C(C(=O)O)C1. The van der Waals surface area contributed by atoms with Gasteiger partial charge in [0.1, 0.15) is 0 Å². The van der Waals surface area contributed by atoms with Crippen molar-refractivity contribution in [3.05, 3.63) is 0 Å². The van der Waals surface area contributed by atoms with Crippen molar-refractivity contribution in [3.8, 4) is 0 Å². The summed E-state index contributed by atoms with van der Waals surface area (Å²) in [6.07, 6.45) is 1.06. The fraction of sp³-hybridized carbons (Fsp3) is 0.933. The molecule has 2 aliphatic heterocycles. The van der Waals surface area contributed by atoms with Crippen LogP contribution in [-0.4, -0.2) is 84.0 Å². The molecular weight excluding hydrogens is 361 g/mol. The van der Waals surface area contributed by atoms with Crippen molar-refractivity contribution >= 4 is 23.3 Å². The summed E-state index contributed by atoms with van der Waals surface area (Å²) in [6.45, 7) is 5.68. The Morgan fingerprint density at radius 3 is 2.42 bits per heavy atom. The van der Waals surface area contributed by atoms with E-state index in [1.807, 2.05) is 13.8 Å². The van der Waals surface area contributed by atoms with E-state index < -0.39 is 29.2 Å². The molecule has 0 bridgehead atoms. The molecule has 0 aromatic rings. The number of hydrogen-bond acceptors (Lipinski definition) is 6. The second-order valence-electron chi connectivity index (χ2n) is 7.72. The van der Waals surface area contributed by atoms with E-state index in [9.17, 15) is 18.3 Å². The van der Waals surface area contributed by atoms with Crippen molar-refractivity contribution < 1.29 is 28.4 Å². The smallest absolute Gasteiger partial charge is 0.451 e. The van der Waals surface area contributed by atoms with Crippen LogP contribution in [0, 0.1) is 17.8 Å². The number of carboxylic acids is 1. The first kappa shape index (κ1) is 21.6. The normalized spacial score (nSPS) is 25.0. The average Bonchev–Trinajstić information content (AvgIpc) is 2.89. The molecule has 0 aliphatic carbocycles. The number of carboxylic acid groups (broad SMARTS) is 1. The van der Waals surface area contributed by atoms with Crippen LogP contribution in [0.1, 0.15) is 26.7 Å². The Labute approximate surface area is 155 Å². The summed E-state index contributed by atoms with van der Waals surface area (Å²) >= 11 is 0. The van der Waals surface area contributed by atoms with E-state index in [-0.39, 0.29) is 37.3 Å². The molecule has 150 valence electrons. The third-order valence-corrected chi connectivity index (χ3v) is 7.09. The fourth-order valence-electron chi connectivity index (χ4n) is 3.57. The number of rotatable bonds is 10. The Kier molecular flexibility index (Phi) is 7.46. The van der Waals surface area contributed by atoms with Crippen molar-refractivity contribution in [2.75, 3.05) is 32.7 Å². The third-order valence-electron chi connectivity index (χ3n) is 5.10. The molecule has 2 aliphatic rings. The standard InChI is InChI=1S/C15H30BN3O6S/c1-11(2)8-19(13-6-17-7-13)26(24,25)18-9-12(4-3-5-16(22)23)14(10-18)15(20)21/h11-14,17,22-23H,3-10H2,1-2H3,(H,20,21). The zero-order chi connectivity index (χ0) is 19.5. The summed E-state index contributed by atoms with van der Waals surface area (Å²) in [5.74, 6) is -1.91. The number of nitrogens with one attached hydrogen (secondary N) is 1. The van der Waals surface area contributed by atoms with Gasteiger partial charge in [-0.3, -0.25) is 4.79 Å². The molecule has 4 N–H and O–H groups in total. The Balaban J connectivity index is 2.10. The lowest BCUT2D eigenvalue weighted by atomic mass is 9.80. The Morgan fingerprint density at radius 1 is 1.31 bits per heavy atom. The maximum Gasteiger partial charge on any atom is 0.451 e. The quantitative estimate of drug-likeness (QED) is 0.353. The number of aliphatic carboxylic acids is 1. The molecule has 11 heteroatoms. The summed E-state index contributed by atoms with van der Waals surface area (Å²) in [7, 11) is -5.16. The van der Waals surface area contributed by atoms with Crippen LogP contribution in [0.5, 0.6) is 0 Å². The molecule has 0 aromatic heterocycles. The highest BCUT2D eigenvalue weighted by molar-refractivity contribution is 7.86. The van der Waals surface area contributed by atoms with Gasteiger partial charge < -0.3 is 20.5 Å². The predicted molar refractivity (Wildman–Crippen MR) is 97.5 cm³/mol. The fourth-order valence-corrected chi connectivity index (χ4v) is 5.61. The minimum atomic E-state index is -3.73. The Bertz CT molecular complexity index is 584. The van der Waals surface area contributed by atoms with Crippen LogP contribution in [0.25, 0.3) is 0 Å². The highest BCUT2D eigenvalue weighted by atomic mass is 32.2. The summed E-state index contributed by atoms with van der Waals surface area (Å²) in [5, 5.41) is 30.5. The zero-order valence-corrected chi connectivity index (χ0v) is 16.2. The van der Waals surface area contributed by atoms with Crippen LogP contribution >= 0.6 is 0 Å². The Hall–Kier alpha value is -0.715. The first-order valence-corrected chi connectivity index (χ1v) is 10.6. The summed E-state index contributed by atoms with van der Waals surface area (Å²) in [4.78, 5) is 11.6. The molecule has 2 atom stereocenters. The van der Waals surface area contributed by atoms with Gasteiger partial charge in [-0.15, -0.1) is 0 Å². The molecule has 2 rings (SSSR count). The van der Waals surface area contributed by atoms with Crippen molar-refractivity contribution in [2.45, 2.75) is 39.1 Å². The van der Waals surface area contributed by atoms with Gasteiger partial charge in [-0.1, -0.05) is 20.3 Å². The lowest BCUT2D eigenvalue weighted by molar-refractivity contribution is -0.142. The van der Waals surface area contributed by atoms with Crippen LogP contribution < -0.4 is 5.32 Å². The second-order valence-corrected chi connectivity index (χ2v) is 9.60. The van der Waals surface area contributed by atoms with Crippen LogP contribution in [0.2, 0.25) is 6.32 Å². The summed E-state index contributed by atoms with van der Waals surface area (Å²) in [6, 6.07) is -0.0886. The molecule has 2 heterocycles. The van der Waals surface area contributed by atoms with E-state index in [0.29, 0.717) is 32.5 Å². The predicted octanol–water partition coefficient (Wildman–Crippen LogP) is -0.953. The van der Waals surface area contributed by atoms with Gasteiger partial charge in [0.05, 0.1) is 12.0 Å². The van der Waals surface area contributed by atoms with Crippen molar-refractivity contribution in [1.82, 2.24) is 13.9 Å². The van der Waals surface area contributed by atoms with Gasteiger partial charge in [0, 0.05) is 32.7 Å². The number of carbonyl (C=O) groups is 1. The van der Waals surface area contributed by atoms with E-state index in [0.717, 1.165) is 0 Å². The van der Waals surface area contributed by atoms with Gasteiger partial charge in [0.25, 0.3) is 10.2 Å². The van der Waals surface area contributed by atoms with E-state index >= 15 is 0 Å². The van der Waals surface area contributed by atoms with Gasteiger partial charge in [-0.05, 0) is 24.6 Å². The maximum atomic E-state index is 13.1. The van der Waals surface area contributed by atoms with Crippen LogP contribution in [-0.2, 0) is 15.0 Å². The third kappa shape index (κ3) is 5.17. The topological polar surface area (TPSA) is 130 Å².